The minimum atomic E-state index is -0.852. The highest BCUT2D eigenvalue weighted by Crippen LogP contribution is 2.27. The maximum atomic E-state index is 11.2. The highest BCUT2D eigenvalue weighted by atomic mass is 16.4. The molecular formula is C12H12N4O2. The van der Waals surface area contributed by atoms with Crippen LogP contribution in [0, 0.1) is 0 Å². The van der Waals surface area contributed by atoms with Gasteiger partial charge in [0.05, 0.1) is 18.1 Å². The number of fused-ring (bicyclic) bond motifs is 1. The summed E-state index contributed by atoms with van der Waals surface area (Å²) in [7, 11) is 0. The fraction of sp³-hybridized carbons (Fsp3) is 0.250. The first-order valence-electron chi connectivity index (χ1n) is 5.66. The molecule has 0 fully saturated rings. The minimum absolute atomic E-state index is 0.205. The van der Waals surface area contributed by atoms with E-state index in [0.717, 1.165) is 17.0 Å². The number of aromatic nitrogens is 3. The van der Waals surface area contributed by atoms with Crippen LogP contribution in [-0.4, -0.2) is 32.1 Å². The molecule has 92 valence electrons. The molecule has 0 unspecified atom stereocenters. The first kappa shape index (κ1) is 10.9. The van der Waals surface area contributed by atoms with Crippen LogP contribution in [0.15, 0.2) is 30.9 Å². The smallest absolute Gasteiger partial charge is 0.321 e. The second-order valence-corrected chi connectivity index (χ2v) is 4.24. The van der Waals surface area contributed by atoms with Crippen molar-refractivity contribution in [3.63, 3.8) is 0 Å². The van der Waals surface area contributed by atoms with Crippen LogP contribution in [0.2, 0.25) is 0 Å². The molecule has 0 saturated heterocycles. The quantitative estimate of drug-likeness (QED) is 0.715. The van der Waals surface area contributed by atoms with Crippen LogP contribution < -0.4 is 5.32 Å². The molecule has 0 amide bonds. The average molecular weight is 244 g/mol. The van der Waals surface area contributed by atoms with E-state index < -0.39 is 12.0 Å². The third kappa shape index (κ3) is 1.76. The van der Waals surface area contributed by atoms with Crippen molar-refractivity contribution in [2.45, 2.75) is 18.5 Å². The van der Waals surface area contributed by atoms with Gasteiger partial charge in [-0.2, -0.15) is 0 Å². The monoisotopic (exact) mass is 244 g/mol. The van der Waals surface area contributed by atoms with Gasteiger partial charge in [0.25, 0.3) is 0 Å². The summed E-state index contributed by atoms with van der Waals surface area (Å²) in [6.07, 6.45) is 5.40. The Bertz CT molecular complexity index is 566. The number of carboxylic acid groups (broad SMARTS) is 1. The Balaban J connectivity index is 2.02. The van der Waals surface area contributed by atoms with Gasteiger partial charge in [0.15, 0.2) is 0 Å². The number of hydrogen-bond donors (Lipinski definition) is 3. The SMILES string of the molecule is O=C(O)[C@H]1Cc2[nH]cnc2[C@@H](c2ccncc2)N1. The number of nitrogens with one attached hydrogen (secondary N) is 2. The van der Waals surface area contributed by atoms with Crippen LogP contribution in [0.3, 0.4) is 0 Å². The largest absolute Gasteiger partial charge is 0.480 e. The molecule has 0 saturated carbocycles. The molecule has 6 heteroatoms. The van der Waals surface area contributed by atoms with E-state index in [2.05, 4.69) is 20.3 Å². The van der Waals surface area contributed by atoms with Crippen molar-refractivity contribution in [1.29, 1.82) is 0 Å². The summed E-state index contributed by atoms with van der Waals surface area (Å²) >= 11 is 0. The van der Waals surface area contributed by atoms with Gasteiger partial charge in [-0.25, -0.2) is 4.98 Å². The van der Waals surface area contributed by atoms with Crippen LogP contribution in [0.5, 0.6) is 0 Å². The summed E-state index contributed by atoms with van der Waals surface area (Å²) < 4.78 is 0. The van der Waals surface area contributed by atoms with Crippen molar-refractivity contribution in [2.24, 2.45) is 0 Å². The second-order valence-electron chi connectivity index (χ2n) is 4.24. The molecular weight excluding hydrogens is 232 g/mol. The Hall–Kier alpha value is -2.21. The average Bonchev–Trinajstić information content (AvgIpc) is 2.86. The van der Waals surface area contributed by atoms with Crippen LogP contribution >= 0.6 is 0 Å². The highest BCUT2D eigenvalue weighted by molar-refractivity contribution is 5.74. The van der Waals surface area contributed by atoms with Crippen LogP contribution in [-0.2, 0) is 11.2 Å². The predicted molar refractivity (Wildman–Crippen MR) is 62.9 cm³/mol. The summed E-state index contributed by atoms with van der Waals surface area (Å²) in [6.45, 7) is 0. The Morgan fingerprint density at radius 1 is 1.39 bits per heavy atom. The van der Waals surface area contributed by atoms with E-state index in [1.807, 2.05) is 12.1 Å². The van der Waals surface area contributed by atoms with Gasteiger partial charge < -0.3 is 10.1 Å². The van der Waals surface area contributed by atoms with Gasteiger partial charge in [-0.3, -0.25) is 15.1 Å². The molecule has 0 aliphatic carbocycles. The molecule has 1 aliphatic rings. The summed E-state index contributed by atoms with van der Waals surface area (Å²) in [4.78, 5) is 22.4. The number of carboxylic acids is 1. The van der Waals surface area contributed by atoms with Gasteiger partial charge in [0.2, 0.25) is 0 Å². The number of nitrogens with zero attached hydrogens (tertiary/aromatic N) is 2. The van der Waals surface area contributed by atoms with Crippen molar-refractivity contribution < 1.29 is 9.90 Å². The van der Waals surface area contributed by atoms with Crippen LogP contribution in [0.1, 0.15) is 23.0 Å². The topological polar surface area (TPSA) is 90.9 Å². The number of aliphatic carboxylic acids is 1. The molecule has 0 spiro atoms. The summed E-state index contributed by atoms with van der Waals surface area (Å²) in [5, 5.41) is 12.3. The van der Waals surface area contributed by atoms with Crippen molar-refractivity contribution in [3.05, 3.63) is 47.8 Å². The Morgan fingerprint density at radius 3 is 2.89 bits per heavy atom. The number of rotatable bonds is 2. The molecule has 2 aromatic heterocycles. The second kappa shape index (κ2) is 4.23. The van der Waals surface area contributed by atoms with Gasteiger partial charge in [-0.05, 0) is 17.7 Å². The summed E-state index contributed by atoms with van der Waals surface area (Å²) in [5.74, 6) is -0.852. The molecule has 2 aromatic rings. The van der Waals surface area contributed by atoms with E-state index in [-0.39, 0.29) is 6.04 Å². The van der Waals surface area contributed by atoms with E-state index in [9.17, 15) is 4.79 Å². The molecule has 3 heterocycles. The summed E-state index contributed by atoms with van der Waals surface area (Å²) in [5.41, 5.74) is 2.70. The molecule has 18 heavy (non-hydrogen) atoms. The zero-order valence-electron chi connectivity index (χ0n) is 9.50. The van der Waals surface area contributed by atoms with Gasteiger partial charge in [-0.15, -0.1) is 0 Å². The van der Waals surface area contributed by atoms with Gasteiger partial charge >= 0.3 is 5.97 Å². The maximum Gasteiger partial charge on any atom is 0.321 e. The van der Waals surface area contributed by atoms with Crippen molar-refractivity contribution in [1.82, 2.24) is 20.3 Å². The van der Waals surface area contributed by atoms with Gasteiger partial charge in [-0.1, -0.05) is 0 Å². The zero-order chi connectivity index (χ0) is 12.5. The zero-order valence-corrected chi connectivity index (χ0v) is 9.50. The van der Waals surface area contributed by atoms with E-state index in [1.165, 1.54) is 0 Å². The molecule has 2 atom stereocenters. The van der Waals surface area contributed by atoms with Crippen LogP contribution in [0.25, 0.3) is 0 Å². The van der Waals surface area contributed by atoms with E-state index >= 15 is 0 Å². The molecule has 3 N–H and O–H groups in total. The lowest BCUT2D eigenvalue weighted by atomic mass is 9.94. The molecule has 0 aromatic carbocycles. The number of pyridine rings is 1. The third-order valence-corrected chi connectivity index (χ3v) is 3.14. The van der Waals surface area contributed by atoms with Crippen molar-refractivity contribution in [3.8, 4) is 0 Å². The van der Waals surface area contributed by atoms with Gasteiger partial charge in [0, 0.05) is 24.5 Å². The Labute approximate surface area is 103 Å². The molecule has 0 radical (unpaired) electrons. The van der Waals surface area contributed by atoms with Crippen molar-refractivity contribution >= 4 is 5.97 Å². The normalized spacial score (nSPS) is 22.4. The fourth-order valence-electron chi connectivity index (χ4n) is 2.26. The Kier molecular flexibility index (Phi) is 2.56. The Morgan fingerprint density at radius 2 is 2.17 bits per heavy atom. The number of carbonyl (C=O) groups is 1. The first-order chi connectivity index (χ1) is 8.75. The van der Waals surface area contributed by atoms with E-state index in [1.54, 1.807) is 18.7 Å². The number of H-pyrrole nitrogens is 1. The summed E-state index contributed by atoms with van der Waals surface area (Å²) in [6, 6.07) is 2.92. The third-order valence-electron chi connectivity index (χ3n) is 3.14. The molecule has 0 bridgehead atoms. The van der Waals surface area contributed by atoms with Crippen LogP contribution in [0.4, 0.5) is 0 Å². The molecule has 6 nitrogen and oxygen atoms in total. The lowest BCUT2D eigenvalue weighted by Crippen LogP contribution is -2.45. The van der Waals surface area contributed by atoms with E-state index in [4.69, 9.17) is 5.11 Å². The number of hydrogen-bond acceptors (Lipinski definition) is 4. The number of imidazole rings is 1. The lowest BCUT2D eigenvalue weighted by molar-refractivity contribution is -0.139. The standard InChI is InChI=1S/C12H12N4O2/c17-12(18)9-5-8-11(15-6-14-8)10(16-9)7-1-3-13-4-2-7/h1-4,6,9-10,16H,5H2,(H,14,15)(H,17,18)/t9-,10-/m1/s1. The minimum Gasteiger partial charge on any atom is -0.480 e. The maximum absolute atomic E-state index is 11.2. The highest BCUT2D eigenvalue weighted by Gasteiger charge is 2.32. The van der Waals surface area contributed by atoms with Gasteiger partial charge in [0.1, 0.15) is 6.04 Å². The predicted octanol–water partition coefficient (Wildman–Crippen LogP) is 0.493. The lowest BCUT2D eigenvalue weighted by Gasteiger charge is -2.28. The first-order valence-corrected chi connectivity index (χ1v) is 5.66. The fourth-order valence-corrected chi connectivity index (χ4v) is 2.26. The number of aromatic amines is 1. The van der Waals surface area contributed by atoms with Crippen molar-refractivity contribution in [2.75, 3.05) is 0 Å². The van der Waals surface area contributed by atoms with E-state index in [0.29, 0.717) is 6.42 Å². The molecule has 3 rings (SSSR count). The molecule has 1 aliphatic heterocycles.